The van der Waals surface area contributed by atoms with Crippen LogP contribution in [0.3, 0.4) is 0 Å². The molecule has 37 heavy (non-hydrogen) atoms. The monoisotopic (exact) mass is 556 g/mol. The highest BCUT2D eigenvalue weighted by molar-refractivity contribution is 7.91. The first-order chi connectivity index (χ1) is 17.7. The molecule has 0 saturated carbocycles. The van der Waals surface area contributed by atoms with Gasteiger partial charge in [-0.2, -0.15) is 13.1 Å². The van der Waals surface area contributed by atoms with E-state index < -0.39 is 42.3 Å². The van der Waals surface area contributed by atoms with Gasteiger partial charge in [0.1, 0.15) is 19.3 Å². The number of rotatable bonds is 16. The Morgan fingerprint density at radius 1 is 0.811 bits per heavy atom. The Bertz CT molecular complexity index is 1120. The normalized spacial score (nSPS) is 12.5. The first-order valence-electron chi connectivity index (χ1n) is 11.7. The van der Waals surface area contributed by atoms with Crippen LogP contribution < -0.4 is 4.72 Å². The molecule has 1 atom stereocenters. The van der Waals surface area contributed by atoms with E-state index >= 15 is 0 Å². The number of nitrogens with one attached hydrogen (secondary N) is 1. The van der Waals surface area contributed by atoms with Crippen molar-refractivity contribution in [2.75, 3.05) is 19.8 Å². The van der Waals surface area contributed by atoms with Crippen molar-refractivity contribution in [1.82, 2.24) is 4.72 Å². The van der Waals surface area contributed by atoms with Crippen LogP contribution in [0.5, 0.6) is 0 Å². The topological polar surface area (TPSA) is 139 Å². The third-order valence-electron chi connectivity index (χ3n) is 4.50. The molecule has 13 heteroatoms. The molecule has 0 saturated heterocycles. The Labute approximate surface area is 217 Å². The molecule has 0 amide bonds. The number of hydrogen-bond acceptors (Lipinski definition) is 9. The van der Waals surface area contributed by atoms with Gasteiger partial charge in [-0.3, -0.25) is 9.59 Å². The van der Waals surface area contributed by atoms with Crippen molar-refractivity contribution < 1.29 is 41.1 Å². The summed E-state index contributed by atoms with van der Waals surface area (Å²) in [6, 6.07) is 16.1. The maximum Gasteiger partial charge on any atom is 0.372 e. The van der Waals surface area contributed by atoms with Crippen LogP contribution in [0.25, 0.3) is 0 Å². The molecule has 0 aromatic heterocycles. The van der Waals surface area contributed by atoms with Gasteiger partial charge in [-0.25, -0.2) is 0 Å². The number of benzene rings is 2. The van der Waals surface area contributed by atoms with Gasteiger partial charge in [0, 0.05) is 0 Å². The van der Waals surface area contributed by atoms with Crippen molar-refractivity contribution in [3.63, 3.8) is 0 Å². The average molecular weight is 557 g/mol. The summed E-state index contributed by atoms with van der Waals surface area (Å²) in [6.45, 7) is 4.94. The van der Waals surface area contributed by atoms with Gasteiger partial charge in [0.25, 0.3) is 0 Å². The molecule has 0 aliphatic carbocycles. The Kier molecular flexibility index (Phi) is 12.9. The maximum atomic E-state index is 13.0. The summed E-state index contributed by atoms with van der Waals surface area (Å²) in [5, 5.41) is 0. The van der Waals surface area contributed by atoms with Crippen molar-refractivity contribution in [3.8, 4) is 0 Å². The largest absolute Gasteiger partial charge is 0.461 e. The summed E-state index contributed by atoms with van der Waals surface area (Å²) >= 11 is 0. The fourth-order valence-corrected chi connectivity index (χ4v) is 6.52. The highest BCUT2D eigenvalue weighted by atomic mass is 32.2. The van der Waals surface area contributed by atoms with Gasteiger partial charge in [0.05, 0.1) is 26.2 Å². The fourth-order valence-electron chi connectivity index (χ4n) is 2.97. The summed E-state index contributed by atoms with van der Waals surface area (Å²) in [5.74, 6) is -1.79. The molecule has 204 valence electrons. The van der Waals surface area contributed by atoms with E-state index in [9.17, 15) is 18.0 Å². The Balaban J connectivity index is 2.23. The summed E-state index contributed by atoms with van der Waals surface area (Å²) in [6.07, 6.45) is -0.626. The minimum Gasteiger partial charge on any atom is -0.461 e. The summed E-state index contributed by atoms with van der Waals surface area (Å²) in [7, 11) is -8.25. The fraction of sp³-hybridized carbons (Fsp3) is 0.417. The zero-order chi connectivity index (χ0) is 27.2. The van der Waals surface area contributed by atoms with Crippen molar-refractivity contribution >= 4 is 29.9 Å². The highest BCUT2D eigenvalue weighted by Crippen LogP contribution is 2.53. The van der Waals surface area contributed by atoms with Crippen molar-refractivity contribution in [2.45, 2.75) is 46.4 Å². The highest BCUT2D eigenvalue weighted by Gasteiger charge is 2.33. The third kappa shape index (κ3) is 11.1. The maximum absolute atomic E-state index is 13.0. The molecule has 11 nitrogen and oxygen atoms in total. The third-order valence-corrected chi connectivity index (χ3v) is 8.49. The lowest BCUT2D eigenvalue weighted by molar-refractivity contribution is -0.153. The van der Waals surface area contributed by atoms with Gasteiger partial charge in [-0.05, 0) is 31.9 Å². The standard InChI is InChI=1S/C24H33N2O9PS/c1-4-33-36(34-5-2,35-6-3)26-37(29,30)25-22(24(28)32-19-21-15-11-8-12-16-21)17-23(27)31-18-20-13-9-7-10-14-20/h7-16,22,25H,4-6,17-19H2,1-3H3/t22-/m0/s1. The SMILES string of the molecule is CCOP(=NS(=O)(=O)N[C@@H](CC(=O)OCc1ccccc1)C(=O)OCc1ccccc1)(OCC)OCC. The summed E-state index contributed by atoms with van der Waals surface area (Å²) < 4.78 is 58.5. The molecule has 2 aromatic rings. The molecule has 0 spiro atoms. The molecule has 1 N–H and O–H groups in total. The van der Waals surface area contributed by atoms with Crippen molar-refractivity contribution in [1.29, 1.82) is 0 Å². The predicted molar refractivity (Wildman–Crippen MR) is 137 cm³/mol. The van der Waals surface area contributed by atoms with E-state index in [0.717, 1.165) is 5.56 Å². The van der Waals surface area contributed by atoms with Crippen LogP contribution >= 0.6 is 7.74 Å². The van der Waals surface area contributed by atoms with Crippen LogP contribution in [-0.2, 0) is 56.1 Å². The van der Waals surface area contributed by atoms with E-state index in [0.29, 0.717) is 5.56 Å². The molecule has 0 unspecified atom stereocenters. The molecule has 2 aromatic carbocycles. The zero-order valence-corrected chi connectivity index (χ0v) is 22.8. The number of carbonyl (C=O) groups is 2. The van der Waals surface area contributed by atoms with Gasteiger partial charge >= 0.3 is 29.9 Å². The van der Waals surface area contributed by atoms with E-state index in [2.05, 4.69) is 8.87 Å². The number of nitrogens with zero attached hydrogens (tertiary/aromatic N) is 1. The lowest BCUT2D eigenvalue weighted by Crippen LogP contribution is -2.42. The van der Waals surface area contributed by atoms with E-state index in [1.807, 2.05) is 6.07 Å². The summed E-state index contributed by atoms with van der Waals surface area (Å²) in [4.78, 5) is 25.4. The second-order valence-corrected chi connectivity index (χ2v) is 10.9. The van der Waals surface area contributed by atoms with Crippen LogP contribution in [0.15, 0.2) is 64.8 Å². The van der Waals surface area contributed by atoms with Gasteiger partial charge < -0.3 is 23.0 Å². The molecule has 0 aliphatic heterocycles. The van der Waals surface area contributed by atoms with Crippen LogP contribution in [0.2, 0.25) is 0 Å². The van der Waals surface area contributed by atoms with Crippen molar-refractivity contribution in [3.05, 3.63) is 71.8 Å². The van der Waals surface area contributed by atoms with Gasteiger partial charge in [0.15, 0.2) is 0 Å². The second-order valence-electron chi connectivity index (χ2n) is 7.39. The van der Waals surface area contributed by atoms with E-state index in [1.165, 1.54) is 0 Å². The molecule has 2 rings (SSSR count). The van der Waals surface area contributed by atoms with Crippen LogP contribution in [0, 0.1) is 0 Å². The lowest BCUT2D eigenvalue weighted by atomic mass is 10.2. The van der Waals surface area contributed by atoms with Crippen LogP contribution in [0.1, 0.15) is 38.3 Å². The molecule has 0 radical (unpaired) electrons. The minimum atomic E-state index is -4.60. The number of carbonyl (C=O) groups excluding carboxylic acids is 2. The van der Waals surface area contributed by atoms with Gasteiger partial charge in [0.2, 0.25) is 0 Å². The number of ether oxygens (including phenoxy) is 2. The number of hydrogen-bond donors (Lipinski definition) is 1. The van der Waals surface area contributed by atoms with Crippen molar-refractivity contribution in [2.24, 2.45) is 4.15 Å². The van der Waals surface area contributed by atoms with Crippen LogP contribution in [0.4, 0.5) is 0 Å². The van der Waals surface area contributed by atoms with E-state index in [4.69, 9.17) is 23.0 Å². The zero-order valence-electron chi connectivity index (χ0n) is 21.1. The lowest BCUT2D eigenvalue weighted by Gasteiger charge is -2.22. The summed E-state index contributed by atoms with van der Waals surface area (Å²) in [5.41, 5.74) is 1.41. The van der Waals surface area contributed by atoms with Gasteiger partial charge in [-0.1, -0.05) is 64.8 Å². The molecule has 0 heterocycles. The molecule has 0 fully saturated rings. The molecular formula is C24H33N2O9PS. The Morgan fingerprint density at radius 2 is 1.27 bits per heavy atom. The van der Waals surface area contributed by atoms with E-state index in [1.54, 1.807) is 75.4 Å². The first kappa shape index (κ1) is 30.6. The van der Waals surface area contributed by atoms with E-state index in [-0.39, 0.29) is 33.0 Å². The second kappa shape index (κ2) is 15.6. The predicted octanol–water partition coefficient (Wildman–Crippen LogP) is 4.12. The molecule has 0 bridgehead atoms. The number of esters is 2. The van der Waals surface area contributed by atoms with Gasteiger partial charge in [-0.15, -0.1) is 0 Å². The quantitative estimate of drug-likeness (QED) is 0.239. The minimum absolute atomic E-state index is 0.0454. The Hall–Kier alpha value is -2.60. The first-order valence-corrected chi connectivity index (χ1v) is 14.7. The smallest absolute Gasteiger partial charge is 0.372 e. The molecular weight excluding hydrogens is 523 g/mol. The Morgan fingerprint density at radius 3 is 1.73 bits per heavy atom. The van der Waals surface area contributed by atoms with Crippen LogP contribution in [-0.4, -0.2) is 46.2 Å². The average Bonchev–Trinajstić information content (AvgIpc) is 2.87. The molecule has 0 aliphatic rings.